The van der Waals surface area contributed by atoms with Crippen molar-refractivity contribution in [3.05, 3.63) is 35.6 Å². The lowest BCUT2D eigenvalue weighted by Gasteiger charge is -2.38. The number of hydrogen-bond donors (Lipinski definition) is 1. The normalized spacial score (nSPS) is 21.7. The monoisotopic (exact) mass is 319 g/mol. The Kier molecular flexibility index (Phi) is 5.00. The highest BCUT2D eigenvalue weighted by molar-refractivity contribution is 5.76. The molecule has 4 heteroatoms. The average molecular weight is 319 g/mol. The molecule has 0 unspecified atom stereocenters. The van der Waals surface area contributed by atoms with Gasteiger partial charge in [0.25, 0.3) is 0 Å². The van der Waals surface area contributed by atoms with Crippen LogP contribution in [0.15, 0.2) is 24.3 Å². The first kappa shape index (κ1) is 16.4. The number of carbonyl (C=O) groups is 1. The molecule has 1 N–H and O–H groups in total. The Labute approximate surface area is 137 Å². The molecule has 1 aliphatic carbocycles. The molecule has 1 aromatic rings. The second-order valence-electron chi connectivity index (χ2n) is 7.20. The fourth-order valence-electron chi connectivity index (χ4n) is 3.60. The minimum Gasteiger partial charge on any atom is -0.381 e. The summed E-state index contributed by atoms with van der Waals surface area (Å²) in [4.78, 5) is 12.3. The van der Waals surface area contributed by atoms with Gasteiger partial charge < -0.3 is 10.1 Å². The molecule has 2 aliphatic rings. The SMILES string of the molecule is C[C@@H](CC(=O)NCC1(c2ccc(F)cc2)CCOCC1)C1CC1. The minimum absolute atomic E-state index is 0.134. The largest absolute Gasteiger partial charge is 0.381 e. The fourth-order valence-corrected chi connectivity index (χ4v) is 3.60. The molecule has 2 fully saturated rings. The molecule has 0 bridgehead atoms. The Balaban J connectivity index is 1.64. The van der Waals surface area contributed by atoms with Crippen molar-refractivity contribution in [2.75, 3.05) is 19.8 Å². The summed E-state index contributed by atoms with van der Waals surface area (Å²) in [5, 5.41) is 3.13. The van der Waals surface area contributed by atoms with Crippen LogP contribution in [-0.4, -0.2) is 25.7 Å². The van der Waals surface area contributed by atoms with E-state index in [9.17, 15) is 9.18 Å². The average Bonchev–Trinajstić information content (AvgIpc) is 3.39. The van der Waals surface area contributed by atoms with Crippen molar-refractivity contribution in [2.24, 2.45) is 11.8 Å². The molecule has 1 atom stereocenters. The number of rotatable bonds is 6. The quantitative estimate of drug-likeness (QED) is 0.872. The predicted octanol–water partition coefficient (Wildman–Crippen LogP) is 3.43. The van der Waals surface area contributed by atoms with Crippen LogP contribution in [0.5, 0.6) is 0 Å². The van der Waals surface area contributed by atoms with E-state index in [-0.39, 0.29) is 17.1 Å². The van der Waals surface area contributed by atoms with Crippen LogP contribution < -0.4 is 5.32 Å². The van der Waals surface area contributed by atoms with Gasteiger partial charge in [-0.3, -0.25) is 4.79 Å². The Hall–Kier alpha value is -1.42. The number of amides is 1. The number of nitrogens with one attached hydrogen (secondary N) is 1. The maximum absolute atomic E-state index is 13.2. The first-order valence-corrected chi connectivity index (χ1v) is 8.70. The molecule has 1 heterocycles. The summed E-state index contributed by atoms with van der Waals surface area (Å²) in [6, 6.07) is 6.70. The van der Waals surface area contributed by atoms with Gasteiger partial charge in [-0.15, -0.1) is 0 Å². The zero-order valence-electron chi connectivity index (χ0n) is 13.8. The van der Waals surface area contributed by atoms with Crippen molar-refractivity contribution in [1.82, 2.24) is 5.32 Å². The molecule has 3 nitrogen and oxygen atoms in total. The van der Waals surface area contributed by atoms with Crippen LogP contribution in [0.2, 0.25) is 0 Å². The molecule has 1 saturated carbocycles. The molecule has 1 aromatic carbocycles. The Morgan fingerprint density at radius 3 is 2.57 bits per heavy atom. The maximum atomic E-state index is 13.2. The van der Waals surface area contributed by atoms with Gasteiger partial charge in [-0.05, 0) is 55.2 Å². The lowest BCUT2D eigenvalue weighted by molar-refractivity contribution is -0.122. The van der Waals surface area contributed by atoms with Gasteiger partial charge >= 0.3 is 0 Å². The summed E-state index contributed by atoms with van der Waals surface area (Å²) in [5.41, 5.74) is 0.961. The Morgan fingerprint density at radius 1 is 1.30 bits per heavy atom. The number of ether oxygens (including phenoxy) is 1. The lowest BCUT2D eigenvalue weighted by atomic mass is 9.74. The van der Waals surface area contributed by atoms with Gasteiger partial charge in [0.15, 0.2) is 0 Å². The van der Waals surface area contributed by atoms with E-state index in [0.29, 0.717) is 32.1 Å². The first-order chi connectivity index (χ1) is 11.1. The number of halogens is 1. The van der Waals surface area contributed by atoms with Crippen molar-refractivity contribution in [2.45, 2.75) is 44.4 Å². The van der Waals surface area contributed by atoms with Crippen LogP contribution in [0.25, 0.3) is 0 Å². The third-order valence-electron chi connectivity index (χ3n) is 5.46. The molecule has 23 heavy (non-hydrogen) atoms. The van der Waals surface area contributed by atoms with E-state index in [0.717, 1.165) is 24.3 Å². The van der Waals surface area contributed by atoms with Gasteiger partial charge in [-0.1, -0.05) is 19.1 Å². The predicted molar refractivity (Wildman–Crippen MR) is 87.6 cm³/mol. The van der Waals surface area contributed by atoms with Crippen molar-refractivity contribution >= 4 is 5.91 Å². The van der Waals surface area contributed by atoms with E-state index in [2.05, 4.69) is 12.2 Å². The summed E-state index contributed by atoms with van der Waals surface area (Å²) in [6.07, 6.45) is 4.87. The zero-order chi connectivity index (χ0) is 16.3. The van der Waals surface area contributed by atoms with Crippen LogP contribution in [0.1, 0.15) is 44.6 Å². The van der Waals surface area contributed by atoms with Crippen molar-refractivity contribution in [3.63, 3.8) is 0 Å². The van der Waals surface area contributed by atoms with Gasteiger partial charge in [0.05, 0.1) is 0 Å². The van der Waals surface area contributed by atoms with Crippen LogP contribution >= 0.6 is 0 Å². The maximum Gasteiger partial charge on any atom is 0.220 e. The first-order valence-electron chi connectivity index (χ1n) is 8.70. The van der Waals surface area contributed by atoms with Crippen molar-refractivity contribution < 1.29 is 13.9 Å². The van der Waals surface area contributed by atoms with E-state index in [4.69, 9.17) is 4.74 Å². The molecule has 1 amide bonds. The van der Waals surface area contributed by atoms with E-state index >= 15 is 0 Å². The molecule has 0 radical (unpaired) electrons. The minimum atomic E-state index is -0.224. The molecular weight excluding hydrogens is 293 g/mol. The van der Waals surface area contributed by atoms with Gasteiger partial charge in [0.1, 0.15) is 5.82 Å². The number of carbonyl (C=O) groups excluding carboxylic acids is 1. The van der Waals surface area contributed by atoms with Crippen LogP contribution in [0, 0.1) is 17.7 Å². The molecule has 0 aromatic heterocycles. The smallest absolute Gasteiger partial charge is 0.220 e. The second kappa shape index (κ2) is 7.00. The molecule has 126 valence electrons. The van der Waals surface area contributed by atoms with E-state index in [1.807, 2.05) is 12.1 Å². The fraction of sp³-hybridized carbons (Fsp3) is 0.632. The van der Waals surface area contributed by atoms with E-state index < -0.39 is 0 Å². The van der Waals surface area contributed by atoms with Gasteiger partial charge in [-0.25, -0.2) is 4.39 Å². The number of benzene rings is 1. The molecule has 1 aliphatic heterocycles. The van der Waals surface area contributed by atoms with Crippen LogP contribution in [0.3, 0.4) is 0 Å². The summed E-state index contributed by atoms with van der Waals surface area (Å²) in [7, 11) is 0. The molecular formula is C19H26FNO2. The van der Waals surface area contributed by atoms with E-state index in [1.165, 1.54) is 25.0 Å². The summed E-state index contributed by atoms with van der Waals surface area (Å²) in [5.74, 6) is 1.14. The van der Waals surface area contributed by atoms with Gasteiger partial charge in [0, 0.05) is 31.6 Å². The summed E-state index contributed by atoms with van der Waals surface area (Å²) < 4.78 is 18.7. The van der Waals surface area contributed by atoms with E-state index in [1.54, 1.807) is 0 Å². The van der Waals surface area contributed by atoms with Gasteiger partial charge in [0.2, 0.25) is 5.91 Å². The third kappa shape index (κ3) is 4.11. The van der Waals surface area contributed by atoms with Gasteiger partial charge in [-0.2, -0.15) is 0 Å². The van der Waals surface area contributed by atoms with Crippen LogP contribution in [-0.2, 0) is 14.9 Å². The Bertz CT molecular complexity index is 533. The third-order valence-corrected chi connectivity index (χ3v) is 5.46. The highest BCUT2D eigenvalue weighted by Crippen LogP contribution is 2.38. The van der Waals surface area contributed by atoms with Crippen molar-refractivity contribution in [3.8, 4) is 0 Å². The molecule has 3 rings (SSSR count). The van der Waals surface area contributed by atoms with Crippen molar-refractivity contribution in [1.29, 1.82) is 0 Å². The highest BCUT2D eigenvalue weighted by atomic mass is 19.1. The summed E-state index contributed by atoms with van der Waals surface area (Å²) >= 11 is 0. The Morgan fingerprint density at radius 2 is 1.96 bits per heavy atom. The lowest BCUT2D eigenvalue weighted by Crippen LogP contribution is -2.44. The highest BCUT2D eigenvalue weighted by Gasteiger charge is 2.35. The zero-order valence-corrected chi connectivity index (χ0v) is 13.8. The topological polar surface area (TPSA) is 38.3 Å². The standard InChI is InChI=1S/C19H26FNO2/c1-14(15-2-3-15)12-18(22)21-13-19(8-10-23-11-9-19)16-4-6-17(20)7-5-16/h4-7,14-15H,2-3,8-13H2,1H3,(H,21,22)/t14-/m0/s1. The second-order valence-corrected chi connectivity index (χ2v) is 7.20. The molecule has 0 spiro atoms. The summed E-state index contributed by atoms with van der Waals surface area (Å²) in [6.45, 7) is 4.15. The number of hydrogen-bond acceptors (Lipinski definition) is 2. The molecule has 1 saturated heterocycles. The van der Waals surface area contributed by atoms with Crippen LogP contribution in [0.4, 0.5) is 4.39 Å².